The second kappa shape index (κ2) is 6.68. The van der Waals surface area contributed by atoms with Crippen LogP contribution in [0, 0.1) is 0 Å². The summed E-state index contributed by atoms with van der Waals surface area (Å²) in [7, 11) is 0. The fourth-order valence-electron chi connectivity index (χ4n) is 1.84. The van der Waals surface area contributed by atoms with Crippen molar-refractivity contribution >= 4 is 39.1 Å². The summed E-state index contributed by atoms with van der Waals surface area (Å²) in [6.07, 6.45) is 4.21. The Morgan fingerprint density at radius 2 is 2.05 bits per heavy atom. The summed E-state index contributed by atoms with van der Waals surface area (Å²) in [6, 6.07) is 7.21. The quantitative estimate of drug-likeness (QED) is 0.642. The Labute approximate surface area is 130 Å². The summed E-state index contributed by atoms with van der Waals surface area (Å²) in [4.78, 5) is 4.13. The smallest absolute Gasteiger partial charge is 0.0516 e. The number of nitrogens with one attached hydrogen (secondary N) is 1. The third-order valence-corrected chi connectivity index (χ3v) is 3.75. The van der Waals surface area contributed by atoms with Gasteiger partial charge in [0.2, 0.25) is 0 Å². The van der Waals surface area contributed by atoms with Crippen molar-refractivity contribution in [3.05, 3.63) is 62.3 Å². The number of hydrogen-bond acceptors (Lipinski definition) is 3. The lowest BCUT2D eigenvalue weighted by molar-refractivity contribution is 0.551. The molecule has 1 aromatic heterocycles. The van der Waals surface area contributed by atoms with Crippen LogP contribution >= 0.6 is 39.1 Å². The summed E-state index contributed by atoms with van der Waals surface area (Å²) in [5, 5.41) is 1.27. The standard InChI is InChI=1S/C13H12BrCl2N3/c14-9-3-8(6-18-7-9)4-13(19-17)11-5-10(15)1-2-12(11)16/h1-3,5-7,13,19H,4,17H2. The van der Waals surface area contributed by atoms with Crippen LogP contribution in [0.4, 0.5) is 0 Å². The predicted octanol–water partition coefficient (Wildman–Crippen LogP) is 3.90. The van der Waals surface area contributed by atoms with Crippen molar-refractivity contribution in [1.82, 2.24) is 10.4 Å². The van der Waals surface area contributed by atoms with Crippen LogP contribution in [0.5, 0.6) is 0 Å². The SMILES string of the molecule is NNC(Cc1cncc(Br)c1)c1cc(Cl)ccc1Cl. The summed E-state index contributed by atoms with van der Waals surface area (Å²) in [5.74, 6) is 5.63. The lowest BCUT2D eigenvalue weighted by Gasteiger charge is -2.18. The zero-order valence-electron chi connectivity index (χ0n) is 9.91. The minimum atomic E-state index is -0.123. The molecule has 1 unspecified atom stereocenters. The van der Waals surface area contributed by atoms with Gasteiger partial charge in [0.05, 0.1) is 6.04 Å². The number of rotatable bonds is 4. The molecule has 2 aromatic rings. The first-order valence-corrected chi connectivity index (χ1v) is 7.15. The van der Waals surface area contributed by atoms with Crippen molar-refractivity contribution in [1.29, 1.82) is 0 Å². The van der Waals surface area contributed by atoms with Gasteiger partial charge in [-0.3, -0.25) is 16.3 Å². The normalized spacial score (nSPS) is 12.4. The molecule has 6 heteroatoms. The van der Waals surface area contributed by atoms with E-state index in [9.17, 15) is 0 Å². The first-order chi connectivity index (χ1) is 9.10. The minimum Gasteiger partial charge on any atom is -0.271 e. The van der Waals surface area contributed by atoms with Crippen LogP contribution in [-0.4, -0.2) is 4.98 Å². The first kappa shape index (κ1) is 14.8. The molecule has 1 atom stereocenters. The van der Waals surface area contributed by atoms with Gasteiger partial charge in [-0.1, -0.05) is 23.2 Å². The van der Waals surface area contributed by atoms with E-state index in [-0.39, 0.29) is 6.04 Å². The van der Waals surface area contributed by atoms with Crippen LogP contribution in [-0.2, 0) is 6.42 Å². The Balaban J connectivity index is 2.27. The summed E-state index contributed by atoms with van der Waals surface area (Å²) in [5.41, 5.74) is 4.69. The highest BCUT2D eigenvalue weighted by molar-refractivity contribution is 9.10. The molecular formula is C13H12BrCl2N3. The molecule has 3 nitrogen and oxygen atoms in total. The van der Waals surface area contributed by atoms with E-state index in [1.54, 1.807) is 24.5 Å². The van der Waals surface area contributed by atoms with Crippen LogP contribution in [0.2, 0.25) is 10.0 Å². The van der Waals surface area contributed by atoms with Gasteiger partial charge in [-0.25, -0.2) is 0 Å². The highest BCUT2D eigenvalue weighted by atomic mass is 79.9. The number of halogens is 3. The van der Waals surface area contributed by atoms with Crippen molar-refractivity contribution in [3.8, 4) is 0 Å². The van der Waals surface area contributed by atoms with Gasteiger partial charge in [0.25, 0.3) is 0 Å². The monoisotopic (exact) mass is 359 g/mol. The molecule has 3 N–H and O–H groups in total. The number of benzene rings is 1. The summed E-state index contributed by atoms with van der Waals surface area (Å²) < 4.78 is 0.929. The number of pyridine rings is 1. The Morgan fingerprint density at radius 1 is 1.26 bits per heavy atom. The Bertz CT molecular complexity index is 578. The van der Waals surface area contributed by atoms with Gasteiger partial charge in [-0.05, 0) is 57.7 Å². The van der Waals surface area contributed by atoms with Crippen molar-refractivity contribution in [2.45, 2.75) is 12.5 Å². The topological polar surface area (TPSA) is 50.9 Å². The van der Waals surface area contributed by atoms with Gasteiger partial charge in [0.15, 0.2) is 0 Å². The van der Waals surface area contributed by atoms with Crippen LogP contribution in [0.15, 0.2) is 41.1 Å². The molecule has 0 radical (unpaired) electrons. The van der Waals surface area contributed by atoms with E-state index in [2.05, 4.69) is 26.3 Å². The molecule has 0 aliphatic carbocycles. The predicted molar refractivity (Wildman–Crippen MR) is 82.2 cm³/mol. The molecule has 1 aromatic carbocycles. The van der Waals surface area contributed by atoms with Gasteiger partial charge in [0, 0.05) is 26.9 Å². The van der Waals surface area contributed by atoms with E-state index in [4.69, 9.17) is 29.0 Å². The van der Waals surface area contributed by atoms with Crippen LogP contribution in [0.25, 0.3) is 0 Å². The number of aromatic nitrogens is 1. The van der Waals surface area contributed by atoms with E-state index in [1.807, 2.05) is 12.1 Å². The number of hydrazine groups is 1. The number of nitrogens with two attached hydrogens (primary N) is 1. The van der Waals surface area contributed by atoms with E-state index >= 15 is 0 Å². The van der Waals surface area contributed by atoms with Gasteiger partial charge in [-0.2, -0.15) is 0 Å². The number of hydrogen-bond donors (Lipinski definition) is 2. The molecule has 19 heavy (non-hydrogen) atoms. The molecule has 0 saturated heterocycles. The Kier molecular flexibility index (Phi) is 5.19. The molecule has 1 heterocycles. The van der Waals surface area contributed by atoms with Crippen molar-refractivity contribution in [2.24, 2.45) is 5.84 Å². The van der Waals surface area contributed by atoms with Gasteiger partial charge < -0.3 is 0 Å². The van der Waals surface area contributed by atoms with Crippen LogP contribution < -0.4 is 11.3 Å². The van der Waals surface area contributed by atoms with Gasteiger partial charge in [0.1, 0.15) is 0 Å². The highest BCUT2D eigenvalue weighted by Gasteiger charge is 2.15. The fourth-order valence-corrected chi connectivity index (χ4v) is 2.69. The molecule has 0 bridgehead atoms. The van der Waals surface area contributed by atoms with Crippen LogP contribution in [0.1, 0.15) is 17.2 Å². The molecule has 0 spiro atoms. The molecule has 0 fully saturated rings. The molecule has 2 rings (SSSR count). The summed E-state index contributed by atoms with van der Waals surface area (Å²) in [6.45, 7) is 0. The molecule has 0 amide bonds. The summed E-state index contributed by atoms with van der Waals surface area (Å²) >= 11 is 15.6. The average molecular weight is 361 g/mol. The highest BCUT2D eigenvalue weighted by Crippen LogP contribution is 2.28. The number of nitrogens with zero attached hydrogens (tertiary/aromatic N) is 1. The molecule has 100 valence electrons. The fraction of sp³-hybridized carbons (Fsp3) is 0.154. The molecule has 0 aliphatic heterocycles. The van der Waals surface area contributed by atoms with Gasteiger partial charge in [-0.15, -0.1) is 0 Å². The van der Waals surface area contributed by atoms with Crippen molar-refractivity contribution < 1.29 is 0 Å². The Morgan fingerprint density at radius 3 is 2.74 bits per heavy atom. The minimum absolute atomic E-state index is 0.123. The van der Waals surface area contributed by atoms with Gasteiger partial charge >= 0.3 is 0 Å². The average Bonchev–Trinajstić information content (AvgIpc) is 2.39. The Hall–Kier alpha value is -0.650. The largest absolute Gasteiger partial charge is 0.271 e. The van der Waals surface area contributed by atoms with Crippen molar-refractivity contribution in [3.63, 3.8) is 0 Å². The van der Waals surface area contributed by atoms with E-state index in [1.165, 1.54) is 0 Å². The lowest BCUT2D eigenvalue weighted by Crippen LogP contribution is -2.29. The lowest BCUT2D eigenvalue weighted by atomic mass is 10.0. The van der Waals surface area contributed by atoms with E-state index in [0.717, 1.165) is 15.6 Å². The first-order valence-electron chi connectivity index (χ1n) is 5.60. The van der Waals surface area contributed by atoms with E-state index in [0.29, 0.717) is 16.5 Å². The van der Waals surface area contributed by atoms with Crippen molar-refractivity contribution in [2.75, 3.05) is 0 Å². The molecular weight excluding hydrogens is 349 g/mol. The second-order valence-electron chi connectivity index (χ2n) is 4.10. The van der Waals surface area contributed by atoms with E-state index < -0.39 is 0 Å². The maximum Gasteiger partial charge on any atom is 0.0516 e. The third kappa shape index (κ3) is 3.91. The molecule has 0 aliphatic rings. The maximum atomic E-state index is 6.19. The second-order valence-corrected chi connectivity index (χ2v) is 5.86. The van der Waals surface area contributed by atoms with Crippen LogP contribution in [0.3, 0.4) is 0 Å². The third-order valence-electron chi connectivity index (χ3n) is 2.74. The molecule has 0 saturated carbocycles. The maximum absolute atomic E-state index is 6.19. The zero-order chi connectivity index (χ0) is 13.8. The zero-order valence-corrected chi connectivity index (χ0v) is 13.0.